The zero-order valence-corrected chi connectivity index (χ0v) is 10.3. The molecule has 0 aliphatic rings. The van der Waals surface area contributed by atoms with Gasteiger partial charge in [-0.05, 0) is 38.5 Å². The van der Waals surface area contributed by atoms with Crippen LogP contribution in [0.15, 0.2) is 10.7 Å². The van der Waals surface area contributed by atoms with E-state index >= 15 is 0 Å². The highest BCUT2D eigenvalue weighted by atomic mass is 127. The molecule has 0 aliphatic carbocycles. The number of carbonyl (C=O) groups excluding carboxylic acids is 1. The zero-order valence-electron chi connectivity index (χ0n) is 6.54. The number of hydrogen-bond acceptors (Lipinski definition) is 4. The van der Waals surface area contributed by atoms with Gasteiger partial charge in [0.2, 0.25) is 0 Å². The lowest BCUT2D eigenvalue weighted by molar-refractivity contribution is -0.132. The van der Waals surface area contributed by atoms with Crippen molar-refractivity contribution in [2.24, 2.45) is 0 Å². The molecule has 0 saturated heterocycles. The molecule has 70 valence electrons. The highest BCUT2D eigenvalue weighted by molar-refractivity contribution is 14.1. The molecule has 0 atom stereocenters. The Labute approximate surface area is 96.6 Å². The van der Waals surface area contributed by atoms with Crippen molar-refractivity contribution in [1.82, 2.24) is 4.98 Å². The standard InChI is InChI=1S/C7H5BrINO3/c1-3(11)13-4-2-5(9)10-7(8)6(4)12/h2,12H,1H3. The van der Waals surface area contributed by atoms with E-state index in [1.54, 1.807) is 0 Å². The van der Waals surface area contributed by atoms with Crippen molar-refractivity contribution in [2.45, 2.75) is 6.92 Å². The van der Waals surface area contributed by atoms with E-state index < -0.39 is 5.97 Å². The van der Waals surface area contributed by atoms with Crippen LogP contribution in [0.1, 0.15) is 6.92 Å². The SMILES string of the molecule is CC(=O)Oc1cc(I)nc(Br)c1O. The van der Waals surface area contributed by atoms with Gasteiger partial charge >= 0.3 is 5.97 Å². The maximum Gasteiger partial charge on any atom is 0.308 e. The van der Waals surface area contributed by atoms with Crippen LogP contribution < -0.4 is 4.74 Å². The summed E-state index contributed by atoms with van der Waals surface area (Å²) < 4.78 is 5.63. The highest BCUT2D eigenvalue weighted by Gasteiger charge is 2.11. The molecule has 13 heavy (non-hydrogen) atoms. The zero-order chi connectivity index (χ0) is 10.0. The molecule has 1 heterocycles. The van der Waals surface area contributed by atoms with Crippen LogP contribution in [0, 0.1) is 3.70 Å². The van der Waals surface area contributed by atoms with Crippen LogP contribution in [0.2, 0.25) is 0 Å². The van der Waals surface area contributed by atoms with Crippen molar-refractivity contribution in [3.05, 3.63) is 14.4 Å². The van der Waals surface area contributed by atoms with Gasteiger partial charge in [0.1, 0.15) is 3.70 Å². The molecule has 1 aromatic heterocycles. The van der Waals surface area contributed by atoms with Gasteiger partial charge in [0, 0.05) is 13.0 Å². The molecule has 0 spiro atoms. The molecule has 1 rings (SSSR count). The summed E-state index contributed by atoms with van der Waals surface area (Å²) >= 11 is 4.98. The second kappa shape index (κ2) is 4.23. The summed E-state index contributed by atoms with van der Waals surface area (Å²) in [6, 6.07) is 1.47. The third-order valence-corrected chi connectivity index (χ3v) is 2.24. The van der Waals surface area contributed by atoms with E-state index in [1.807, 2.05) is 22.6 Å². The predicted molar refractivity (Wildman–Crippen MR) is 57.6 cm³/mol. The fraction of sp³-hybridized carbons (Fsp3) is 0.143. The summed E-state index contributed by atoms with van der Waals surface area (Å²) in [6.07, 6.45) is 0. The third-order valence-electron chi connectivity index (χ3n) is 1.14. The fourth-order valence-electron chi connectivity index (χ4n) is 0.690. The lowest BCUT2D eigenvalue weighted by Crippen LogP contribution is -2.02. The molecular formula is C7H5BrINO3. The van der Waals surface area contributed by atoms with Crippen LogP contribution in [0.25, 0.3) is 0 Å². The number of nitrogens with zero attached hydrogens (tertiary/aromatic N) is 1. The number of ether oxygens (including phenoxy) is 1. The van der Waals surface area contributed by atoms with Gasteiger partial charge in [-0.25, -0.2) is 4.98 Å². The monoisotopic (exact) mass is 357 g/mol. The van der Waals surface area contributed by atoms with Gasteiger partial charge in [-0.15, -0.1) is 0 Å². The van der Waals surface area contributed by atoms with Crippen molar-refractivity contribution >= 4 is 44.5 Å². The minimum atomic E-state index is -0.482. The predicted octanol–water partition coefficient (Wildman–Crippen LogP) is 2.08. The number of hydrogen-bond donors (Lipinski definition) is 1. The number of esters is 1. The van der Waals surface area contributed by atoms with Crippen LogP contribution in [0.5, 0.6) is 11.5 Å². The molecular weight excluding hydrogens is 353 g/mol. The van der Waals surface area contributed by atoms with Crippen LogP contribution in [0.3, 0.4) is 0 Å². The molecule has 0 bridgehead atoms. The maximum absolute atomic E-state index is 10.6. The molecule has 0 radical (unpaired) electrons. The summed E-state index contributed by atoms with van der Waals surface area (Å²) in [5, 5.41) is 9.38. The Balaban J connectivity index is 3.12. The second-order valence-electron chi connectivity index (χ2n) is 2.18. The first-order valence-corrected chi connectivity index (χ1v) is 5.11. The molecule has 4 nitrogen and oxygen atoms in total. The normalized spacial score (nSPS) is 9.77. The molecule has 0 fully saturated rings. The number of pyridine rings is 1. The van der Waals surface area contributed by atoms with Crippen LogP contribution in [0.4, 0.5) is 0 Å². The smallest absolute Gasteiger partial charge is 0.308 e. The van der Waals surface area contributed by atoms with E-state index in [0.717, 1.165) is 0 Å². The minimum Gasteiger partial charge on any atom is -0.502 e. The van der Waals surface area contributed by atoms with E-state index in [2.05, 4.69) is 20.9 Å². The Morgan fingerprint density at radius 3 is 2.92 bits per heavy atom. The summed E-state index contributed by atoms with van der Waals surface area (Å²) in [5.41, 5.74) is 0. The Hall–Kier alpha value is -0.370. The summed E-state index contributed by atoms with van der Waals surface area (Å²) in [7, 11) is 0. The van der Waals surface area contributed by atoms with Crippen molar-refractivity contribution < 1.29 is 14.6 Å². The number of aromatic hydroxyl groups is 1. The van der Waals surface area contributed by atoms with E-state index in [4.69, 9.17) is 4.74 Å². The lowest BCUT2D eigenvalue weighted by atomic mass is 10.4. The first kappa shape index (κ1) is 10.7. The fourth-order valence-corrected chi connectivity index (χ4v) is 1.93. The van der Waals surface area contributed by atoms with Gasteiger partial charge in [0.05, 0.1) is 0 Å². The number of rotatable bonds is 1. The Bertz CT molecular complexity index is 356. The summed E-state index contributed by atoms with van der Waals surface area (Å²) in [6.45, 7) is 1.26. The van der Waals surface area contributed by atoms with Crippen LogP contribution in [-0.2, 0) is 4.79 Å². The number of aromatic nitrogens is 1. The van der Waals surface area contributed by atoms with Gasteiger partial charge < -0.3 is 9.84 Å². The Kier molecular flexibility index (Phi) is 3.48. The highest BCUT2D eigenvalue weighted by Crippen LogP contribution is 2.33. The lowest BCUT2D eigenvalue weighted by Gasteiger charge is -2.05. The first-order chi connectivity index (χ1) is 6.00. The van der Waals surface area contributed by atoms with Gasteiger partial charge in [0.15, 0.2) is 16.1 Å². The average molecular weight is 358 g/mol. The van der Waals surface area contributed by atoms with E-state index in [0.29, 0.717) is 3.70 Å². The van der Waals surface area contributed by atoms with Crippen LogP contribution >= 0.6 is 38.5 Å². The molecule has 1 N–H and O–H groups in total. The summed E-state index contributed by atoms with van der Waals surface area (Å²) in [4.78, 5) is 14.5. The molecule has 1 aromatic rings. The van der Waals surface area contributed by atoms with Crippen molar-refractivity contribution in [3.8, 4) is 11.5 Å². The molecule has 0 aromatic carbocycles. The Morgan fingerprint density at radius 1 is 1.77 bits per heavy atom. The van der Waals surface area contributed by atoms with Crippen LogP contribution in [-0.4, -0.2) is 16.1 Å². The van der Waals surface area contributed by atoms with Crippen molar-refractivity contribution in [2.75, 3.05) is 0 Å². The van der Waals surface area contributed by atoms with Crippen molar-refractivity contribution in [1.29, 1.82) is 0 Å². The molecule has 0 saturated carbocycles. The molecule has 0 aliphatic heterocycles. The van der Waals surface area contributed by atoms with Gasteiger partial charge in [-0.1, -0.05) is 0 Å². The topological polar surface area (TPSA) is 59.4 Å². The van der Waals surface area contributed by atoms with E-state index in [-0.39, 0.29) is 16.1 Å². The average Bonchev–Trinajstić information content (AvgIpc) is 1.98. The second-order valence-corrected chi connectivity index (χ2v) is 4.03. The van der Waals surface area contributed by atoms with Crippen molar-refractivity contribution in [3.63, 3.8) is 0 Å². The third kappa shape index (κ3) is 2.80. The van der Waals surface area contributed by atoms with Gasteiger partial charge in [-0.3, -0.25) is 4.79 Å². The number of halogens is 2. The summed E-state index contributed by atoms with van der Waals surface area (Å²) in [5.74, 6) is -0.543. The van der Waals surface area contributed by atoms with E-state index in [1.165, 1.54) is 13.0 Å². The first-order valence-electron chi connectivity index (χ1n) is 3.24. The molecule has 0 unspecified atom stereocenters. The molecule has 0 amide bonds. The Morgan fingerprint density at radius 2 is 2.38 bits per heavy atom. The van der Waals surface area contributed by atoms with Gasteiger partial charge in [0.25, 0.3) is 0 Å². The maximum atomic E-state index is 10.6. The minimum absolute atomic E-state index is 0.110. The largest absolute Gasteiger partial charge is 0.502 e. The number of carbonyl (C=O) groups is 1. The molecule has 6 heteroatoms. The quantitative estimate of drug-likeness (QED) is 0.475. The van der Waals surface area contributed by atoms with Gasteiger partial charge in [-0.2, -0.15) is 0 Å². The van der Waals surface area contributed by atoms with E-state index in [9.17, 15) is 9.90 Å².